The molecule has 1 amide bonds. The standard InChI is InChI=1S/C19H29N3O3S/c1-16-7-13-22(14-8-16)19(23)15-21-11-9-17(10-12-21)20-26(24,25)18-5-3-2-4-6-18/h2-6,16-17,20H,7-15H2,1H3. The fourth-order valence-electron chi connectivity index (χ4n) is 3.65. The van der Waals surface area contributed by atoms with E-state index >= 15 is 0 Å². The lowest BCUT2D eigenvalue weighted by molar-refractivity contribution is -0.134. The molecule has 3 rings (SSSR count). The zero-order chi connectivity index (χ0) is 18.6. The van der Waals surface area contributed by atoms with Gasteiger partial charge in [0, 0.05) is 32.2 Å². The summed E-state index contributed by atoms with van der Waals surface area (Å²) in [5.74, 6) is 0.924. The molecular formula is C19H29N3O3S. The second-order valence-electron chi connectivity index (χ2n) is 7.55. The summed E-state index contributed by atoms with van der Waals surface area (Å²) in [6.07, 6.45) is 3.65. The van der Waals surface area contributed by atoms with E-state index in [0.29, 0.717) is 17.4 Å². The maximum absolute atomic E-state index is 12.4. The smallest absolute Gasteiger partial charge is 0.240 e. The van der Waals surface area contributed by atoms with Crippen LogP contribution in [0.25, 0.3) is 0 Å². The van der Waals surface area contributed by atoms with E-state index in [1.165, 1.54) is 0 Å². The molecule has 0 aliphatic carbocycles. The molecule has 2 fully saturated rings. The second kappa shape index (κ2) is 8.50. The van der Waals surface area contributed by atoms with Gasteiger partial charge in [-0.3, -0.25) is 9.69 Å². The van der Waals surface area contributed by atoms with Crippen molar-refractivity contribution in [2.75, 3.05) is 32.7 Å². The zero-order valence-corrected chi connectivity index (χ0v) is 16.2. The van der Waals surface area contributed by atoms with E-state index in [2.05, 4.69) is 16.5 Å². The number of carbonyl (C=O) groups is 1. The largest absolute Gasteiger partial charge is 0.342 e. The number of hydrogen-bond donors (Lipinski definition) is 1. The van der Waals surface area contributed by atoms with Crippen molar-refractivity contribution in [1.29, 1.82) is 0 Å². The molecule has 0 radical (unpaired) electrons. The maximum atomic E-state index is 12.4. The summed E-state index contributed by atoms with van der Waals surface area (Å²) in [7, 11) is -3.47. The summed E-state index contributed by atoms with van der Waals surface area (Å²) < 4.78 is 27.6. The van der Waals surface area contributed by atoms with E-state index < -0.39 is 10.0 Å². The van der Waals surface area contributed by atoms with E-state index in [0.717, 1.165) is 51.9 Å². The Balaban J connectivity index is 1.45. The minimum absolute atomic E-state index is 0.0672. The summed E-state index contributed by atoms with van der Waals surface area (Å²) in [4.78, 5) is 16.9. The SMILES string of the molecule is CC1CCN(C(=O)CN2CCC(NS(=O)(=O)c3ccccc3)CC2)CC1. The van der Waals surface area contributed by atoms with Crippen LogP contribution in [-0.4, -0.2) is 62.9 Å². The maximum Gasteiger partial charge on any atom is 0.240 e. The molecule has 2 saturated heterocycles. The molecular weight excluding hydrogens is 350 g/mol. The van der Waals surface area contributed by atoms with Crippen molar-refractivity contribution in [3.8, 4) is 0 Å². The van der Waals surface area contributed by atoms with Gasteiger partial charge in [0.1, 0.15) is 0 Å². The Hall–Kier alpha value is -1.44. The third-order valence-electron chi connectivity index (χ3n) is 5.46. The van der Waals surface area contributed by atoms with Crippen LogP contribution in [0.3, 0.4) is 0 Å². The van der Waals surface area contributed by atoms with E-state index in [1.807, 2.05) is 4.90 Å². The number of nitrogens with zero attached hydrogens (tertiary/aromatic N) is 2. The third-order valence-corrected chi connectivity index (χ3v) is 6.99. The highest BCUT2D eigenvalue weighted by Crippen LogP contribution is 2.18. The zero-order valence-electron chi connectivity index (χ0n) is 15.4. The molecule has 7 heteroatoms. The van der Waals surface area contributed by atoms with Crippen molar-refractivity contribution >= 4 is 15.9 Å². The van der Waals surface area contributed by atoms with Gasteiger partial charge in [0.15, 0.2) is 0 Å². The van der Waals surface area contributed by atoms with E-state index in [1.54, 1.807) is 30.3 Å². The van der Waals surface area contributed by atoms with Crippen LogP contribution in [0.1, 0.15) is 32.6 Å². The second-order valence-corrected chi connectivity index (χ2v) is 9.26. The first-order valence-electron chi connectivity index (χ1n) is 9.51. The monoisotopic (exact) mass is 379 g/mol. The van der Waals surface area contributed by atoms with Crippen LogP contribution in [0, 0.1) is 5.92 Å². The Morgan fingerprint density at radius 3 is 2.27 bits per heavy atom. The fraction of sp³-hybridized carbons (Fsp3) is 0.632. The molecule has 6 nitrogen and oxygen atoms in total. The Bertz CT molecular complexity index is 692. The highest BCUT2D eigenvalue weighted by molar-refractivity contribution is 7.89. The first-order chi connectivity index (χ1) is 12.4. The number of piperidine rings is 2. The van der Waals surface area contributed by atoms with E-state index in [-0.39, 0.29) is 11.9 Å². The third kappa shape index (κ3) is 5.05. The van der Waals surface area contributed by atoms with Gasteiger partial charge in [-0.15, -0.1) is 0 Å². The van der Waals surface area contributed by atoms with Crippen molar-refractivity contribution in [3.63, 3.8) is 0 Å². The highest BCUT2D eigenvalue weighted by Gasteiger charge is 2.27. The Morgan fingerprint density at radius 2 is 1.65 bits per heavy atom. The molecule has 2 aliphatic heterocycles. The van der Waals surface area contributed by atoms with E-state index in [4.69, 9.17) is 0 Å². The Morgan fingerprint density at radius 1 is 1.04 bits per heavy atom. The fourth-order valence-corrected chi connectivity index (χ4v) is 4.97. The molecule has 0 saturated carbocycles. The highest BCUT2D eigenvalue weighted by atomic mass is 32.2. The number of likely N-dealkylation sites (tertiary alicyclic amines) is 2. The van der Waals surface area contributed by atoms with Gasteiger partial charge in [-0.2, -0.15) is 0 Å². The topological polar surface area (TPSA) is 69.7 Å². The molecule has 144 valence electrons. The number of sulfonamides is 1. The number of amides is 1. The van der Waals surface area contributed by atoms with Crippen molar-refractivity contribution in [1.82, 2.24) is 14.5 Å². The molecule has 1 aromatic rings. The summed E-state index contributed by atoms with van der Waals surface area (Å²) >= 11 is 0. The molecule has 26 heavy (non-hydrogen) atoms. The average molecular weight is 380 g/mol. The van der Waals surface area contributed by atoms with Crippen LogP contribution >= 0.6 is 0 Å². The van der Waals surface area contributed by atoms with Gasteiger partial charge < -0.3 is 4.90 Å². The molecule has 2 heterocycles. The normalized spacial score (nSPS) is 21.0. The molecule has 0 bridgehead atoms. The van der Waals surface area contributed by atoms with Crippen molar-refractivity contribution in [2.24, 2.45) is 5.92 Å². The van der Waals surface area contributed by atoms with Gasteiger partial charge >= 0.3 is 0 Å². The van der Waals surface area contributed by atoms with Gasteiger partial charge in [0.05, 0.1) is 11.4 Å². The summed E-state index contributed by atoms with van der Waals surface area (Å²) in [6, 6.07) is 8.40. The van der Waals surface area contributed by atoms with Crippen molar-refractivity contribution in [2.45, 2.75) is 43.5 Å². The van der Waals surface area contributed by atoms with Crippen LogP contribution < -0.4 is 4.72 Å². The molecule has 0 unspecified atom stereocenters. The number of rotatable bonds is 5. The quantitative estimate of drug-likeness (QED) is 0.845. The van der Waals surface area contributed by atoms with Gasteiger partial charge in [-0.1, -0.05) is 25.1 Å². The lowest BCUT2D eigenvalue weighted by Gasteiger charge is -2.35. The molecule has 1 aromatic carbocycles. The predicted octanol–water partition coefficient (Wildman–Crippen LogP) is 1.69. The number of benzene rings is 1. The number of hydrogen-bond acceptors (Lipinski definition) is 4. The van der Waals surface area contributed by atoms with Crippen LogP contribution in [0.15, 0.2) is 35.2 Å². The first kappa shape index (κ1) is 19.3. The van der Waals surface area contributed by atoms with Crippen molar-refractivity contribution < 1.29 is 13.2 Å². The summed E-state index contributed by atoms with van der Waals surface area (Å²) in [6.45, 7) is 5.92. The van der Waals surface area contributed by atoms with Gasteiger partial charge in [-0.25, -0.2) is 13.1 Å². The van der Waals surface area contributed by atoms with Gasteiger partial charge in [0.2, 0.25) is 15.9 Å². The molecule has 2 aliphatic rings. The van der Waals surface area contributed by atoms with Crippen LogP contribution in [0.4, 0.5) is 0 Å². The summed E-state index contributed by atoms with van der Waals surface area (Å²) in [5.41, 5.74) is 0. The van der Waals surface area contributed by atoms with E-state index in [9.17, 15) is 13.2 Å². The Labute approximate surface area is 156 Å². The molecule has 0 spiro atoms. The van der Waals surface area contributed by atoms with Gasteiger partial charge in [0.25, 0.3) is 0 Å². The molecule has 0 aromatic heterocycles. The van der Waals surface area contributed by atoms with Crippen molar-refractivity contribution in [3.05, 3.63) is 30.3 Å². The number of carbonyl (C=O) groups excluding carboxylic acids is 1. The predicted molar refractivity (Wildman–Crippen MR) is 101 cm³/mol. The van der Waals surface area contributed by atoms with Crippen LogP contribution in [-0.2, 0) is 14.8 Å². The average Bonchev–Trinajstić information content (AvgIpc) is 2.64. The minimum Gasteiger partial charge on any atom is -0.342 e. The van der Waals surface area contributed by atoms with Crippen LogP contribution in [0.5, 0.6) is 0 Å². The lowest BCUT2D eigenvalue weighted by Crippen LogP contribution is -2.49. The van der Waals surface area contributed by atoms with Gasteiger partial charge in [-0.05, 0) is 43.7 Å². The number of nitrogens with one attached hydrogen (secondary N) is 1. The Kier molecular flexibility index (Phi) is 6.32. The minimum atomic E-state index is -3.47. The summed E-state index contributed by atoms with van der Waals surface area (Å²) in [5, 5.41) is 0. The van der Waals surface area contributed by atoms with Crippen LogP contribution in [0.2, 0.25) is 0 Å². The first-order valence-corrected chi connectivity index (χ1v) is 11.0. The molecule has 1 N–H and O–H groups in total. The lowest BCUT2D eigenvalue weighted by atomic mass is 9.99. The molecule has 0 atom stereocenters.